The number of hydrogen-bond donors (Lipinski definition) is 1. The van der Waals surface area contributed by atoms with Gasteiger partial charge in [0.25, 0.3) is 5.91 Å². The van der Waals surface area contributed by atoms with Gasteiger partial charge in [-0.1, -0.05) is 0 Å². The third-order valence-corrected chi connectivity index (χ3v) is 5.87. The lowest BCUT2D eigenvalue weighted by Crippen LogP contribution is -2.42. The van der Waals surface area contributed by atoms with Crippen LogP contribution < -0.4 is 15.1 Å². The largest absolute Gasteiger partial charge is 0.359 e. The van der Waals surface area contributed by atoms with Crippen LogP contribution in [0.5, 0.6) is 0 Å². The average molecular weight is 407 g/mol. The zero-order valence-corrected chi connectivity index (χ0v) is 16.8. The summed E-state index contributed by atoms with van der Waals surface area (Å²) in [5.41, 5.74) is 1.24. The Hall–Kier alpha value is -3.23. The Kier molecular flexibility index (Phi) is 4.94. The van der Waals surface area contributed by atoms with Gasteiger partial charge in [-0.25, -0.2) is 15.0 Å². The second-order valence-corrected chi connectivity index (χ2v) is 8.07. The maximum Gasteiger partial charge on any atom is 0.255 e. The number of carbonyl (C=O) groups is 2. The Morgan fingerprint density at radius 1 is 1.10 bits per heavy atom. The van der Waals surface area contributed by atoms with Crippen molar-refractivity contribution in [3.05, 3.63) is 36.3 Å². The van der Waals surface area contributed by atoms with E-state index in [-0.39, 0.29) is 18.4 Å². The summed E-state index contributed by atoms with van der Waals surface area (Å²) in [5, 5.41) is 3.07. The topological polar surface area (TPSA) is 94.6 Å². The number of pyridine rings is 1. The minimum atomic E-state index is -0.0504. The van der Waals surface area contributed by atoms with E-state index in [2.05, 4.69) is 25.2 Å². The van der Waals surface area contributed by atoms with Gasteiger partial charge >= 0.3 is 0 Å². The molecule has 0 bridgehead atoms. The summed E-state index contributed by atoms with van der Waals surface area (Å²) in [6.45, 7) is 3.72. The van der Waals surface area contributed by atoms with E-state index in [0.29, 0.717) is 49.4 Å². The normalized spacial score (nSPS) is 19.2. The first kappa shape index (κ1) is 18.8. The van der Waals surface area contributed by atoms with Gasteiger partial charge in [0.15, 0.2) is 0 Å². The molecule has 0 radical (unpaired) electrons. The molecule has 2 aliphatic heterocycles. The highest BCUT2D eigenvalue weighted by Gasteiger charge is 2.32. The van der Waals surface area contributed by atoms with Crippen molar-refractivity contribution in [2.24, 2.45) is 5.92 Å². The lowest BCUT2D eigenvalue weighted by molar-refractivity contribution is -0.117. The summed E-state index contributed by atoms with van der Waals surface area (Å²) in [6.07, 6.45) is 8.25. The number of carbonyl (C=O) groups excluding carboxylic acids is 2. The standard InChI is InChI=1S/C21H25N7O2/c29-18-13-25-19-17(28(18)14-15-3-4-15)11-16(12-24-19)20(30)26-7-2-8-27(10-9-26)21-22-5-1-6-23-21/h1,5-6,11-12,15H,2-4,7-10,13-14H2,(H,24,25). The number of anilines is 3. The van der Waals surface area contributed by atoms with Crippen molar-refractivity contribution in [2.45, 2.75) is 19.3 Å². The first-order valence-electron chi connectivity index (χ1n) is 10.5. The maximum absolute atomic E-state index is 13.2. The van der Waals surface area contributed by atoms with Crippen LogP contribution in [0.25, 0.3) is 0 Å². The van der Waals surface area contributed by atoms with Gasteiger partial charge in [-0.15, -0.1) is 0 Å². The molecule has 4 heterocycles. The summed E-state index contributed by atoms with van der Waals surface area (Å²) >= 11 is 0. The van der Waals surface area contributed by atoms with Crippen molar-refractivity contribution in [1.29, 1.82) is 0 Å². The first-order valence-corrected chi connectivity index (χ1v) is 10.5. The molecule has 2 aromatic rings. The van der Waals surface area contributed by atoms with Gasteiger partial charge in [-0.3, -0.25) is 9.59 Å². The van der Waals surface area contributed by atoms with E-state index >= 15 is 0 Å². The molecule has 9 nitrogen and oxygen atoms in total. The number of aromatic nitrogens is 3. The highest BCUT2D eigenvalue weighted by atomic mass is 16.2. The smallest absolute Gasteiger partial charge is 0.255 e. The molecule has 0 unspecified atom stereocenters. The van der Waals surface area contributed by atoms with Crippen LogP contribution in [0.2, 0.25) is 0 Å². The Labute approximate surface area is 175 Å². The molecule has 156 valence electrons. The Balaban J connectivity index is 1.32. The number of fused-ring (bicyclic) bond motifs is 1. The Bertz CT molecular complexity index is 948. The third-order valence-electron chi connectivity index (χ3n) is 5.87. The van der Waals surface area contributed by atoms with Crippen LogP contribution in [0.1, 0.15) is 29.6 Å². The molecular weight excluding hydrogens is 382 g/mol. The van der Waals surface area contributed by atoms with Crippen molar-refractivity contribution in [2.75, 3.05) is 54.4 Å². The number of rotatable bonds is 4. The van der Waals surface area contributed by atoms with Gasteiger partial charge < -0.3 is 20.0 Å². The molecule has 1 aliphatic carbocycles. The molecule has 9 heteroatoms. The molecule has 30 heavy (non-hydrogen) atoms. The van der Waals surface area contributed by atoms with E-state index in [4.69, 9.17) is 0 Å². The lowest BCUT2D eigenvalue weighted by Gasteiger charge is -2.30. The quantitative estimate of drug-likeness (QED) is 0.818. The van der Waals surface area contributed by atoms with Crippen LogP contribution in [0.15, 0.2) is 30.7 Å². The molecule has 0 aromatic carbocycles. The molecule has 0 atom stereocenters. The maximum atomic E-state index is 13.2. The van der Waals surface area contributed by atoms with Crippen LogP contribution in [0, 0.1) is 5.92 Å². The molecule has 2 fully saturated rings. The molecule has 2 aromatic heterocycles. The van der Waals surface area contributed by atoms with E-state index in [1.54, 1.807) is 29.6 Å². The van der Waals surface area contributed by atoms with Crippen LogP contribution in [-0.4, -0.2) is 70.9 Å². The zero-order chi connectivity index (χ0) is 20.5. The minimum Gasteiger partial charge on any atom is -0.359 e. The van der Waals surface area contributed by atoms with E-state index in [1.807, 2.05) is 11.0 Å². The SMILES string of the molecule is O=C(c1cnc2c(c1)N(CC1CC1)C(=O)CN2)N1CCCN(c2ncccn2)CC1. The lowest BCUT2D eigenvalue weighted by atomic mass is 10.1. The molecule has 5 rings (SSSR count). The van der Waals surface area contributed by atoms with Gasteiger partial charge in [0.1, 0.15) is 5.82 Å². The second kappa shape index (κ2) is 7.89. The van der Waals surface area contributed by atoms with E-state index in [9.17, 15) is 9.59 Å². The number of nitrogens with zero attached hydrogens (tertiary/aromatic N) is 6. The van der Waals surface area contributed by atoms with Gasteiger partial charge in [0.05, 0.1) is 17.8 Å². The number of hydrogen-bond acceptors (Lipinski definition) is 7. The minimum absolute atomic E-state index is 0.0362. The third kappa shape index (κ3) is 3.79. The Morgan fingerprint density at radius 2 is 1.93 bits per heavy atom. The average Bonchev–Trinajstić information content (AvgIpc) is 3.62. The number of nitrogens with one attached hydrogen (secondary N) is 1. The fourth-order valence-corrected chi connectivity index (χ4v) is 4.02. The summed E-state index contributed by atoms with van der Waals surface area (Å²) in [6, 6.07) is 3.62. The van der Waals surface area contributed by atoms with Crippen molar-refractivity contribution in [3.63, 3.8) is 0 Å². The van der Waals surface area contributed by atoms with Crippen LogP contribution in [0.4, 0.5) is 17.5 Å². The molecule has 0 spiro atoms. The molecule has 3 aliphatic rings. The fourth-order valence-electron chi connectivity index (χ4n) is 4.02. The number of amides is 2. The monoisotopic (exact) mass is 407 g/mol. The van der Waals surface area contributed by atoms with Gasteiger partial charge in [-0.2, -0.15) is 0 Å². The summed E-state index contributed by atoms with van der Waals surface area (Å²) in [7, 11) is 0. The summed E-state index contributed by atoms with van der Waals surface area (Å²) < 4.78 is 0. The van der Waals surface area contributed by atoms with Gasteiger partial charge in [0, 0.05) is 51.3 Å². The van der Waals surface area contributed by atoms with Crippen molar-refractivity contribution < 1.29 is 9.59 Å². The van der Waals surface area contributed by atoms with Gasteiger partial charge in [-0.05, 0) is 37.3 Å². The molecular formula is C21H25N7O2. The fraction of sp³-hybridized carbons (Fsp3) is 0.476. The van der Waals surface area contributed by atoms with E-state index < -0.39 is 0 Å². The predicted octanol–water partition coefficient (Wildman–Crippen LogP) is 1.39. The highest BCUT2D eigenvalue weighted by molar-refractivity contribution is 6.04. The zero-order valence-electron chi connectivity index (χ0n) is 16.8. The van der Waals surface area contributed by atoms with Crippen LogP contribution in [-0.2, 0) is 4.79 Å². The first-order chi connectivity index (χ1) is 14.7. The van der Waals surface area contributed by atoms with Crippen molar-refractivity contribution >= 4 is 29.3 Å². The molecule has 1 N–H and O–H groups in total. The van der Waals surface area contributed by atoms with Crippen LogP contribution in [0.3, 0.4) is 0 Å². The van der Waals surface area contributed by atoms with E-state index in [1.165, 1.54) is 0 Å². The Morgan fingerprint density at radius 3 is 2.73 bits per heavy atom. The molecule has 2 amide bonds. The summed E-state index contributed by atoms with van der Waals surface area (Å²) in [5.74, 6) is 1.92. The molecule has 1 saturated heterocycles. The second-order valence-electron chi connectivity index (χ2n) is 8.07. The summed E-state index contributed by atoms with van der Waals surface area (Å²) in [4.78, 5) is 44.5. The molecule has 1 saturated carbocycles. The van der Waals surface area contributed by atoms with E-state index in [0.717, 1.165) is 31.5 Å². The van der Waals surface area contributed by atoms with Gasteiger partial charge in [0.2, 0.25) is 11.9 Å². The highest BCUT2D eigenvalue weighted by Crippen LogP contribution is 2.35. The van der Waals surface area contributed by atoms with Crippen LogP contribution >= 0.6 is 0 Å². The predicted molar refractivity (Wildman–Crippen MR) is 113 cm³/mol. The van der Waals surface area contributed by atoms with Crippen molar-refractivity contribution in [3.8, 4) is 0 Å². The van der Waals surface area contributed by atoms with Crippen molar-refractivity contribution in [1.82, 2.24) is 19.9 Å².